The van der Waals surface area contributed by atoms with Gasteiger partial charge in [-0.2, -0.15) is 0 Å². The Morgan fingerprint density at radius 2 is 1.67 bits per heavy atom. The van der Waals surface area contributed by atoms with Gasteiger partial charge in [0.2, 0.25) is 11.8 Å². The zero-order valence-electron chi connectivity index (χ0n) is 11.3. The van der Waals surface area contributed by atoms with Crippen molar-refractivity contribution < 1.29 is 14.4 Å². The third-order valence-corrected chi connectivity index (χ3v) is 3.70. The monoisotopic (exact) mass is 254 g/mol. The van der Waals surface area contributed by atoms with Gasteiger partial charge in [0, 0.05) is 0 Å². The van der Waals surface area contributed by atoms with E-state index >= 15 is 0 Å². The van der Waals surface area contributed by atoms with E-state index in [2.05, 4.69) is 24.5 Å². The molecule has 1 saturated heterocycles. The Balaban J connectivity index is 2.75. The highest BCUT2D eigenvalue weighted by Gasteiger charge is 2.46. The molecule has 1 heterocycles. The number of urea groups is 1. The van der Waals surface area contributed by atoms with Crippen LogP contribution in [-0.2, 0) is 9.59 Å². The van der Waals surface area contributed by atoms with E-state index in [9.17, 15) is 14.4 Å². The first-order valence-electron chi connectivity index (χ1n) is 6.60. The number of unbranched alkanes of at least 4 members (excludes halogenated alkanes) is 1. The average Bonchev–Trinajstić information content (AvgIpc) is 2.32. The zero-order chi connectivity index (χ0) is 13.8. The van der Waals surface area contributed by atoms with Gasteiger partial charge in [0.15, 0.2) is 0 Å². The maximum atomic E-state index is 11.9. The van der Waals surface area contributed by atoms with Crippen molar-refractivity contribution in [1.82, 2.24) is 10.6 Å². The van der Waals surface area contributed by atoms with E-state index in [1.165, 1.54) is 0 Å². The molecule has 1 aliphatic rings. The summed E-state index contributed by atoms with van der Waals surface area (Å²) < 4.78 is 0. The van der Waals surface area contributed by atoms with Crippen LogP contribution < -0.4 is 10.6 Å². The van der Waals surface area contributed by atoms with Crippen LogP contribution in [-0.4, -0.2) is 17.8 Å². The number of hydrogen-bond donors (Lipinski definition) is 2. The predicted octanol–water partition coefficient (Wildman–Crippen LogP) is 1.97. The molecule has 5 nitrogen and oxygen atoms in total. The number of rotatable bonds is 6. The minimum Gasteiger partial charge on any atom is -0.277 e. The predicted molar refractivity (Wildman–Crippen MR) is 67.7 cm³/mol. The van der Waals surface area contributed by atoms with Gasteiger partial charge in [-0.25, -0.2) is 4.79 Å². The van der Waals surface area contributed by atoms with Crippen molar-refractivity contribution in [3.05, 3.63) is 0 Å². The first-order chi connectivity index (χ1) is 8.43. The molecule has 0 aromatic heterocycles. The Morgan fingerprint density at radius 1 is 1.11 bits per heavy atom. The molecule has 1 aliphatic heterocycles. The van der Waals surface area contributed by atoms with E-state index in [0.717, 1.165) is 25.7 Å². The summed E-state index contributed by atoms with van der Waals surface area (Å²) in [6.45, 7) is 5.79. The molecule has 0 aliphatic carbocycles. The van der Waals surface area contributed by atoms with Crippen LogP contribution in [0.3, 0.4) is 0 Å². The van der Waals surface area contributed by atoms with Gasteiger partial charge in [0.25, 0.3) is 0 Å². The van der Waals surface area contributed by atoms with E-state index < -0.39 is 23.3 Å². The number of carbonyl (C=O) groups is 3. The minimum absolute atomic E-state index is 0.333. The van der Waals surface area contributed by atoms with Crippen LogP contribution in [0.2, 0.25) is 0 Å². The van der Waals surface area contributed by atoms with Crippen molar-refractivity contribution in [2.45, 2.75) is 52.9 Å². The fourth-order valence-electron chi connectivity index (χ4n) is 2.32. The first-order valence-corrected chi connectivity index (χ1v) is 6.60. The maximum absolute atomic E-state index is 11.9. The molecule has 102 valence electrons. The molecule has 1 fully saturated rings. The van der Waals surface area contributed by atoms with Gasteiger partial charge in [-0.3, -0.25) is 20.2 Å². The van der Waals surface area contributed by atoms with E-state index in [4.69, 9.17) is 0 Å². The van der Waals surface area contributed by atoms with Crippen LogP contribution in [0.5, 0.6) is 0 Å². The largest absolute Gasteiger partial charge is 0.328 e. The normalized spacial score (nSPS) is 20.3. The third kappa shape index (κ3) is 3.09. The van der Waals surface area contributed by atoms with Crippen molar-refractivity contribution >= 4 is 17.8 Å². The van der Waals surface area contributed by atoms with Crippen molar-refractivity contribution in [3.63, 3.8) is 0 Å². The lowest BCUT2D eigenvalue weighted by molar-refractivity contribution is -0.144. The fourth-order valence-corrected chi connectivity index (χ4v) is 2.32. The summed E-state index contributed by atoms with van der Waals surface area (Å²) >= 11 is 0. The first kappa shape index (κ1) is 14.7. The summed E-state index contributed by atoms with van der Waals surface area (Å²) in [5.41, 5.74) is -1.12. The average molecular weight is 254 g/mol. The van der Waals surface area contributed by atoms with Gasteiger partial charge >= 0.3 is 6.03 Å². The van der Waals surface area contributed by atoms with E-state index in [1.54, 1.807) is 6.92 Å². The molecule has 2 N–H and O–H groups in total. The van der Waals surface area contributed by atoms with Gasteiger partial charge in [0.05, 0.1) is 0 Å². The van der Waals surface area contributed by atoms with E-state index in [1.807, 2.05) is 0 Å². The Hall–Kier alpha value is -1.39. The second-order valence-corrected chi connectivity index (χ2v) is 5.19. The Bertz CT molecular complexity index is 332. The molecule has 1 rings (SSSR count). The highest BCUT2D eigenvalue weighted by atomic mass is 16.2. The number of hydrogen-bond acceptors (Lipinski definition) is 3. The fraction of sp³-hybridized carbons (Fsp3) is 0.769. The van der Waals surface area contributed by atoms with Crippen LogP contribution >= 0.6 is 0 Å². The quantitative estimate of drug-likeness (QED) is 0.711. The second kappa shape index (κ2) is 5.98. The van der Waals surface area contributed by atoms with Crippen LogP contribution in [0.25, 0.3) is 0 Å². The van der Waals surface area contributed by atoms with Crippen LogP contribution in [0.15, 0.2) is 0 Å². The maximum Gasteiger partial charge on any atom is 0.328 e. The molecule has 0 spiro atoms. The summed E-state index contributed by atoms with van der Waals surface area (Å²) in [5.74, 6) is -0.628. The molecule has 5 heteroatoms. The zero-order valence-corrected chi connectivity index (χ0v) is 11.3. The highest BCUT2D eigenvalue weighted by Crippen LogP contribution is 2.32. The van der Waals surface area contributed by atoms with Gasteiger partial charge in [-0.05, 0) is 19.3 Å². The molecule has 4 amide bonds. The molecule has 0 aromatic rings. The van der Waals surface area contributed by atoms with Gasteiger partial charge < -0.3 is 0 Å². The molecular formula is C13H22N2O3. The number of carbonyl (C=O) groups excluding carboxylic acids is 3. The smallest absolute Gasteiger partial charge is 0.277 e. The lowest BCUT2D eigenvalue weighted by Gasteiger charge is -2.33. The van der Waals surface area contributed by atoms with E-state index in [-0.39, 0.29) is 0 Å². The van der Waals surface area contributed by atoms with Gasteiger partial charge in [-0.15, -0.1) is 0 Å². The summed E-state index contributed by atoms with van der Waals surface area (Å²) in [5, 5.41) is 4.35. The van der Waals surface area contributed by atoms with Gasteiger partial charge in [-0.1, -0.05) is 39.5 Å². The SMILES string of the molecule is CCCCC(CC)CC1(C)C(=O)NC(=O)NC1=O. The van der Waals surface area contributed by atoms with Crippen LogP contribution in [0.4, 0.5) is 4.79 Å². The lowest BCUT2D eigenvalue weighted by atomic mass is 9.76. The van der Waals surface area contributed by atoms with Crippen molar-refractivity contribution in [3.8, 4) is 0 Å². The summed E-state index contributed by atoms with van der Waals surface area (Å²) in [4.78, 5) is 34.8. The van der Waals surface area contributed by atoms with E-state index in [0.29, 0.717) is 12.3 Å². The van der Waals surface area contributed by atoms with Crippen LogP contribution in [0.1, 0.15) is 52.9 Å². The highest BCUT2D eigenvalue weighted by molar-refractivity contribution is 6.18. The lowest BCUT2D eigenvalue weighted by Crippen LogP contribution is -2.61. The molecule has 0 radical (unpaired) electrons. The molecule has 0 saturated carbocycles. The summed E-state index contributed by atoms with van der Waals surface area (Å²) in [7, 11) is 0. The number of imide groups is 2. The topological polar surface area (TPSA) is 75.3 Å². The summed E-state index contributed by atoms with van der Waals surface area (Å²) in [6.07, 6.45) is 4.64. The number of nitrogens with one attached hydrogen (secondary N) is 2. The standard InChI is InChI=1S/C13H22N2O3/c1-4-6-7-9(5-2)8-13(3)10(16)14-12(18)15-11(13)17/h9H,4-8H2,1-3H3,(H2,14,15,16,17,18). The van der Waals surface area contributed by atoms with Crippen molar-refractivity contribution in [1.29, 1.82) is 0 Å². The Kier molecular flexibility index (Phi) is 4.87. The Labute approximate surface area is 108 Å². The number of amides is 4. The summed E-state index contributed by atoms with van der Waals surface area (Å²) in [6, 6.07) is -0.718. The molecular weight excluding hydrogens is 232 g/mol. The molecule has 1 atom stereocenters. The van der Waals surface area contributed by atoms with Crippen molar-refractivity contribution in [2.75, 3.05) is 0 Å². The Morgan fingerprint density at radius 3 is 2.11 bits per heavy atom. The third-order valence-electron chi connectivity index (χ3n) is 3.70. The second-order valence-electron chi connectivity index (χ2n) is 5.19. The van der Waals surface area contributed by atoms with Gasteiger partial charge in [0.1, 0.15) is 5.41 Å². The molecule has 1 unspecified atom stereocenters. The van der Waals surface area contributed by atoms with Crippen LogP contribution in [0, 0.1) is 11.3 Å². The molecule has 0 aromatic carbocycles. The minimum atomic E-state index is -1.12. The number of barbiturate groups is 1. The molecule has 0 bridgehead atoms. The molecule has 18 heavy (non-hydrogen) atoms. The van der Waals surface area contributed by atoms with Crippen molar-refractivity contribution in [2.24, 2.45) is 11.3 Å².